The number of aromatic amines is 1. The maximum atomic E-state index is 12.2. The summed E-state index contributed by atoms with van der Waals surface area (Å²) >= 11 is 0. The molecular weight excluding hydrogens is 278 g/mol. The number of nitrogens with one attached hydrogen (secondary N) is 1. The lowest BCUT2D eigenvalue weighted by Gasteiger charge is -2.26. The van der Waals surface area contributed by atoms with E-state index in [4.69, 9.17) is 4.74 Å². The summed E-state index contributed by atoms with van der Waals surface area (Å²) in [5.74, 6) is 0. The minimum absolute atomic E-state index is 0.0975. The van der Waals surface area contributed by atoms with Crippen molar-refractivity contribution in [3.8, 4) is 0 Å². The first-order valence-electron chi connectivity index (χ1n) is 7.61. The van der Waals surface area contributed by atoms with Gasteiger partial charge in [0.05, 0.1) is 12.9 Å². The van der Waals surface area contributed by atoms with Crippen molar-refractivity contribution >= 4 is 6.09 Å². The minimum atomic E-state index is -0.261. The second-order valence-electron chi connectivity index (χ2n) is 5.50. The standard InChI is InChI=1S/C17H23N3O2/c1-14(2)20(12-15-7-4-3-5-8-15)17(21)22-10-6-9-16-11-18-13-19-16/h3-5,7-8,11,13-14H,6,9-10,12H2,1-2H3,(H,18,19). The first kappa shape index (κ1) is 16.1. The van der Waals surface area contributed by atoms with Gasteiger partial charge in [-0.15, -0.1) is 0 Å². The van der Waals surface area contributed by atoms with Crippen LogP contribution in [0.2, 0.25) is 0 Å². The van der Waals surface area contributed by atoms with Crippen molar-refractivity contribution in [1.29, 1.82) is 0 Å². The van der Waals surface area contributed by atoms with Crippen LogP contribution >= 0.6 is 0 Å². The number of carbonyl (C=O) groups excluding carboxylic acids is 1. The maximum absolute atomic E-state index is 12.2. The summed E-state index contributed by atoms with van der Waals surface area (Å²) in [4.78, 5) is 21.0. The van der Waals surface area contributed by atoms with Gasteiger partial charge in [0.1, 0.15) is 0 Å². The molecule has 0 radical (unpaired) electrons. The lowest BCUT2D eigenvalue weighted by Crippen LogP contribution is -2.37. The van der Waals surface area contributed by atoms with Gasteiger partial charge in [0.25, 0.3) is 0 Å². The Hall–Kier alpha value is -2.30. The van der Waals surface area contributed by atoms with E-state index in [1.807, 2.05) is 44.2 Å². The number of H-pyrrole nitrogens is 1. The Bertz CT molecular complexity index is 553. The number of nitrogens with zero attached hydrogens (tertiary/aromatic N) is 2. The molecule has 0 aliphatic heterocycles. The van der Waals surface area contributed by atoms with Crippen molar-refractivity contribution in [3.63, 3.8) is 0 Å². The Balaban J connectivity index is 1.79. The number of aryl methyl sites for hydroxylation is 1. The van der Waals surface area contributed by atoms with E-state index in [1.165, 1.54) is 0 Å². The maximum Gasteiger partial charge on any atom is 0.410 e. The van der Waals surface area contributed by atoms with Gasteiger partial charge >= 0.3 is 6.09 Å². The van der Waals surface area contributed by atoms with E-state index >= 15 is 0 Å². The first-order chi connectivity index (χ1) is 10.7. The molecule has 0 unspecified atom stereocenters. The molecule has 0 fully saturated rings. The third-order valence-corrected chi connectivity index (χ3v) is 3.42. The average Bonchev–Trinajstić information content (AvgIpc) is 3.03. The van der Waals surface area contributed by atoms with Crippen LogP contribution in [-0.4, -0.2) is 33.6 Å². The molecule has 2 rings (SSSR count). The highest BCUT2D eigenvalue weighted by Crippen LogP contribution is 2.10. The van der Waals surface area contributed by atoms with E-state index in [0.717, 1.165) is 24.1 Å². The van der Waals surface area contributed by atoms with Gasteiger partial charge in [-0.25, -0.2) is 9.78 Å². The number of rotatable bonds is 7. The van der Waals surface area contributed by atoms with Gasteiger partial charge in [0.2, 0.25) is 0 Å². The van der Waals surface area contributed by atoms with Crippen molar-refractivity contribution in [2.24, 2.45) is 0 Å². The largest absolute Gasteiger partial charge is 0.449 e. The van der Waals surface area contributed by atoms with Gasteiger partial charge in [-0.1, -0.05) is 30.3 Å². The predicted octanol–water partition coefficient (Wildman–Crippen LogP) is 3.39. The van der Waals surface area contributed by atoms with Crippen LogP contribution in [0, 0.1) is 0 Å². The zero-order valence-corrected chi connectivity index (χ0v) is 13.2. The van der Waals surface area contributed by atoms with E-state index in [2.05, 4.69) is 9.97 Å². The number of ether oxygens (including phenoxy) is 1. The molecule has 0 aliphatic carbocycles. The van der Waals surface area contributed by atoms with E-state index in [-0.39, 0.29) is 12.1 Å². The molecule has 1 heterocycles. The van der Waals surface area contributed by atoms with Gasteiger partial charge in [0.15, 0.2) is 0 Å². The molecular formula is C17H23N3O2. The number of carbonyl (C=O) groups is 1. The van der Waals surface area contributed by atoms with Crippen LogP contribution in [0.4, 0.5) is 4.79 Å². The Morgan fingerprint density at radius 1 is 1.32 bits per heavy atom. The molecule has 0 saturated carbocycles. The lowest BCUT2D eigenvalue weighted by atomic mass is 10.2. The summed E-state index contributed by atoms with van der Waals surface area (Å²) in [5, 5.41) is 0. The number of hydrogen-bond donors (Lipinski definition) is 1. The zero-order chi connectivity index (χ0) is 15.8. The lowest BCUT2D eigenvalue weighted by molar-refractivity contribution is 0.0877. The normalized spacial score (nSPS) is 10.7. The van der Waals surface area contributed by atoms with Gasteiger partial charge in [-0.05, 0) is 32.3 Å². The molecule has 0 spiro atoms. The Labute approximate surface area is 131 Å². The fraction of sp³-hybridized carbons (Fsp3) is 0.412. The number of amides is 1. The first-order valence-corrected chi connectivity index (χ1v) is 7.61. The summed E-state index contributed by atoms with van der Waals surface area (Å²) in [5.41, 5.74) is 2.16. The predicted molar refractivity (Wildman–Crippen MR) is 85.4 cm³/mol. The number of benzene rings is 1. The van der Waals surface area contributed by atoms with Gasteiger partial charge in [-0.2, -0.15) is 0 Å². The Morgan fingerprint density at radius 3 is 2.73 bits per heavy atom. The summed E-state index contributed by atoms with van der Waals surface area (Å²) in [6.07, 6.45) is 4.79. The highest BCUT2D eigenvalue weighted by molar-refractivity contribution is 5.68. The van der Waals surface area contributed by atoms with Crippen LogP contribution in [-0.2, 0) is 17.7 Å². The van der Waals surface area contributed by atoms with Crippen molar-refractivity contribution in [3.05, 3.63) is 54.1 Å². The summed E-state index contributed by atoms with van der Waals surface area (Å²) < 4.78 is 5.39. The topological polar surface area (TPSA) is 58.2 Å². The van der Waals surface area contributed by atoms with Crippen LogP contribution < -0.4 is 0 Å². The second-order valence-corrected chi connectivity index (χ2v) is 5.50. The molecule has 1 N–H and O–H groups in total. The Kier molecular flexibility index (Phi) is 6.01. The molecule has 0 bridgehead atoms. The zero-order valence-electron chi connectivity index (χ0n) is 13.2. The van der Waals surface area contributed by atoms with E-state index in [1.54, 1.807) is 17.4 Å². The molecule has 2 aromatic rings. The van der Waals surface area contributed by atoms with Crippen LogP contribution in [0.15, 0.2) is 42.9 Å². The van der Waals surface area contributed by atoms with Gasteiger partial charge in [0, 0.05) is 24.5 Å². The molecule has 5 heteroatoms. The fourth-order valence-corrected chi connectivity index (χ4v) is 2.16. The number of hydrogen-bond acceptors (Lipinski definition) is 3. The van der Waals surface area contributed by atoms with Crippen LogP contribution in [0.5, 0.6) is 0 Å². The highest BCUT2D eigenvalue weighted by Gasteiger charge is 2.18. The van der Waals surface area contributed by atoms with E-state index in [0.29, 0.717) is 13.2 Å². The second kappa shape index (κ2) is 8.22. The minimum Gasteiger partial charge on any atom is -0.449 e. The number of aromatic nitrogens is 2. The molecule has 0 aliphatic rings. The monoisotopic (exact) mass is 301 g/mol. The summed E-state index contributed by atoms with van der Waals surface area (Å²) in [6.45, 7) is 4.97. The highest BCUT2D eigenvalue weighted by atomic mass is 16.6. The molecule has 118 valence electrons. The SMILES string of the molecule is CC(C)N(Cc1ccccc1)C(=O)OCCCc1cnc[nH]1. The van der Waals surface area contributed by atoms with Crippen molar-refractivity contribution in [1.82, 2.24) is 14.9 Å². The van der Waals surface area contributed by atoms with E-state index in [9.17, 15) is 4.79 Å². The fourth-order valence-electron chi connectivity index (χ4n) is 2.16. The van der Waals surface area contributed by atoms with Crippen molar-refractivity contribution in [2.75, 3.05) is 6.61 Å². The number of imidazole rings is 1. The van der Waals surface area contributed by atoms with Gasteiger partial charge < -0.3 is 14.6 Å². The Morgan fingerprint density at radius 2 is 2.09 bits per heavy atom. The molecule has 0 atom stereocenters. The van der Waals surface area contributed by atoms with E-state index < -0.39 is 0 Å². The average molecular weight is 301 g/mol. The third-order valence-electron chi connectivity index (χ3n) is 3.42. The molecule has 22 heavy (non-hydrogen) atoms. The summed E-state index contributed by atoms with van der Waals surface area (Å²) in [7, 11) is 0. The summed E-state index contributed by atoms with van der Waals surface area (Å²) in [6, 6.07) is 10.0. The van der Waals surface area contributed by atoms with Crippen molar-refractivity contribution in [2.45, 2.75) is 39.3 Å². The molecule has 1 aromatic heterocycles. The third kappa shape index (κ3) is 4.91. The quantitative estimate of drug-likeness (QED) is 0.797. The van der Waals surface area contributed by atoms with Crippen LogP contribution in [0.1, 0.15) is 31.5 Å². The van der Waals surface area contributed by atoms with Crippen LogP contribution in [0.25, 0.3) is 0 Å². The smallest absolute Gasteiger partial charge is 0.410 e. The molecule has 1 aromatic carbocycles. The van der Waals surface area contributed by atoms with Crippen molar-refractivity contribution < 1.29 is 9.53 Å². The molecule has 1 amide bonds. The van der Waals surface area contributed by atoms with Crippen LogP contribution in [0.3, 0.4) is 0 Å². The molecule has 0 saturated heterocycles. The van der Waals surface area contributed by atoms with Gasteiger partial charge in [-0.3, -0.25) is 0 Å². The molecule has 5 nitrogen and oxygen atoms in total.